The van der Waals surface area contributed by atoms with E-state index in [4.69, 9.17) is 22.1 Å². The molecule has 1 fully saturated rings. The van der Waals surface area contributed by atoms with Crippen LogP contribution >= 0.6 is 11.6 Å². The molecule has 2 aliphatic rings. The van der Waals surface area contributed by atoms with E-state index in [2.05, 4.69) is 9.97 Å². The lowest BCUT2D eigenvalue weighted by Crippen LogP contribution is -2.44. The van der Waals surface area contributed by atoms with Crippen LogP contribution in [-0.2, 0) is 22.5 Å². The van der Waals surface area contributed by atoms with Crippen LogP contribution in [0.4, 0.5) is 10.6 Å². The molecule has 0 unspecified atom stereocenters. The van der Waals surface area contributed by atoms with Gasteiger partial charge in [0.2, 0.25) is 11.2 Å². The fraction of sp³-hybridized carbons (Fsp3) is 0.647. The SMILES string of the molecule is CC(C)(C)OC(=O)N1CCc2nc(Cl)nc(N3CCC[C@H]3C(N)=O)c2C1. The molecular formula is C17H24ClN5O3. The minimum atomic E-state index is -0.567. The molecule has 0 bridgehead atoms. The van der Waals surface area contributed by atoms with Crippen LogP contribution in [0.2, 0.25) is 5.28 Å². The lowest BCUT2D eigenvalue weighted by molar-refractivity contribution is -0.119. The number of amides is 2. The highest BCUT2D eigenvalue weighted by atomic mass is 35.5. The third-order valence-corrected chi connectivity index (χ3v) is 4.69. The van der Waals surface area contributed by atoms with Crippen LogP contribution in [-0.4, -0.2) is 51.6 Å². The van der Waals surface area contributed by atoms with Crippen LogP contribution in [0.25, 0.3) is 0 Å². The Morgan fingerprint density at radius 3 is 2.65 bits per heavy atom. The van der Waals surface area contributed by atoms with E-state index in [1.165, 1.54) is 0 Å². The maximum absolute atomic E-state index is 12.4. The number of primary amides is 1. The standard InChI is InChI=1S/C17H24ClN5O3/c1-17(2,3)26-16(25)22-8-6-11-10(9-22)14(21-15(18)20-11)23-7-4-5-12(23)13(19)24/h12H,4-9H2,1-3H3,(H2,19,24)/t12-/m0/s1. The van der Waals surface area contributed by atoms with Gasteiger partial charge < -0.3 is 20.3 Å². The van der Waals surface area contributed by atoms with Crippen LogP contribution < -0.4 is 10.6 Å². The number of hydrogen-bond acceptors (Lipinski definition) is 6. The molecule has 2 N–H and O–H groups in total. The molecule has 0 spiro atoms. The summed E-state index contributed by atoms with van der Waals surface area (Å²) in [5, 5.41) is 0.139. The first-order valence-electron chi connectivity index (χ1n) is 8.75. The third kappa shape index (κ3) is 3.85. The normalized spacial score (nSPS) is 20.1. The Kier molecular flexibility index (Phi) is 4.96. The summed E-state index contributed by atoms with van der Waals surface area (Å²) >= 11 is 6.10. The number of nitrogens with two attached hydrogens (primary N) is 1. The summed E-state index contributed by atoms with van der Waals surface area (Å²) in [6.45, 7) is 6.98. The fourth-order valence-corrected chi connectivity index (χ4v) is 3.59. The number of carbonyl (C=O) groups is 2. The van der Waals surface area contributed by atoms with Gasteiger partial charge in [-0.25, -0.2) is 14.8 Å². The molecule has 3 heterocycles. The van der Waals surface area contributed by atoms with E-state index in [1.54, 1.807) is 4.90 Å². The zero-order valence-corrected chi connectivity index (χ0v) is 16.0. The van der Waals surface area contributed by atoms with Crippen LogP contribution in [0, 0.1) is 0 Å². The Balaban J connectivity index is 1.91. The van der Waals surface area contributed by atoms with Gasteiger partial charge in [0.25, 0.3) is 0 Å². The molecule has 2 amide bonds. The first-order chi connectivity index (χ1) is 12.2. The maximum Gasteiger partial charge on any atom is 0.410 e. The second kappa shape index (κ2) is 6.90. The average molecular weight is 382 g/mol. The number of halogens is 1. The second-order valence-electron chi connectivity index (χ2n) is 7.65. The van der Waals surface area contributed by atoms with E-state index in [0.717, 1.165) is 17.7 Å². The molecule has 142 valence electrons. The van der Waals surface area contributed by atoms with Gasteiger partial charge in [-0.05, 0) is 45.2 Å². The lowest BCUT2D eigenvalue weighted by Gasteiger charge is -2.33. The Labute approximate surface area is 157 Å². The molecule has 0 saturated carbocycles. The summed E-state index contributed by atoms with van der Waals surface area (Å²) in [6.07, 6.45) is 1.71. The number of hydrogen-bond donors (Lipinski definition) is 1. The zero-order valence-electron chi connectivity index (χ0n) is 15.3. The van der Waals surface area contributed by atoms with Crippen molar-refractivity contribution in [1.82, 2.24) is 14.9 Å². The van der Waals surface area contributed by atoms with Gasteiger partial charge in [0.05, 0.1) is 12.2 Å². The zero-order chi connectivity index (χ0) is 19.1. The van der Waals surface area contributed by atoms with Crippen molar-refractivity contribution in [3.05, 3.63) is 16.5 Å². The summed E-state index contributed by atoms with van der Waals surface area (Å²) in [7, 11) is 0. The highest BCUT2D eigenvalue weighted by molar-refractivity contribution is 6.28. The number of carbonyl (C=O) groups excluding carboxylic acids is 2. The molecular weight excluding hydrogens is 358 g/mol. The third-order valence-electron chi connectivity index (χ3n) is 4.52. The number of aromatic nitrogens is 2. The monoisotopic (exact) mass is 381 g/mol. The van der Waals surface area contributed by atoms with E-state index in [-0.39, 0.29) is 17.3 Å². The fourth-order valence-electron chi connectivity index (χ4n) is 3.40. The molecule has 0 aliphatic carbocycles. The Bertz CT molecular complexity index is 734. The van der Waals surface area contributed by atoms with Crippen molar-refractivity contribution in [2.45, 2.75) is 58.2 Å². The molecule has 3 rings (SSSR count). The van der Waals surface area contributed by atoms with Gasteiger partial charge in [0.15, 0.2) is 0 Å². The van der Waals surface area contributed by atoms with E-state index in [0.29, 0.717) is 38.3 Å². The van der Waals surface area contributed by atoms with Gasteiger partial charge in [-0.1, -0.05) is 0 Å². The average Bonchev–Trinajstić information content (AvgIpc) is 3.01. The quantitative estimate of drug-likeness (QED) is 0.785. The first-order valence-corrected chi connectivity index (χ1v) is 9.12. The number of anilines is 1. The van der Waals surface area contributed by atoms with E-state index in [1.807, 2.05) is 25.7 Å². The van der Waals surface area contributed by atoms with Gasteiger partial charge in [-0.2, -0.15) is 0 Å². The van der Waals surface area contributed by atoms with Crippen molar-refractivity contribution in [2.24, 2.45) is 5.73 Å². The summed E-state index contributed by atoms with van der Waals surface area (Å²) in [4.78, 5) is 36.4. The summed E-state index contributed by atoms with van der Waals surface area (Å²) < 4.78 is 5.47. The number of nitrogens with zero attached hydrogens (tertiary/aromatic N) is 4. The van der Waals surface area contributed by atoms with Gasteiger partial charge in [-0.15, -0.1) is 0 Å². The summed E-state index contributed by atoms with van der Waals surface area (Å²) in [5.41, 5.74) is 6.58. The molecule has 8 nitrogen and oxygen atoms in total. The highest BCUT2D eigenvalue weighted by Gasteiger charge is 2.35. The molecule has 26 heavy (non-hydrogen) atoms. The molecule has 1 saturated heterocycles. The van der Waals surface area contributed by atoms with Crippen molar-refractivity contribution in [1.29, 1.82) is 0 Å². The van der Waals surface area contributed by atoms with Crippen LogP contribution in [0.5, 0.6) is 0 Å². The van der Waals surface area contributed by atoms with Crippen molar-refractivity contribution >= 4 is 29.4 Å². The van der Waals surface area contributed by atoms with Crippen molar-refractivity contribution < 1.29 is 14.3 Å². The van der Waals surface area contributed by atoms with Crippen LogP contribution in [0.15, 0.2) is 0 Å². The Morgan fingerprint density at radius 2 is 2.00 bits per heavy atom. The highest BCUT2D eigenvalue weighted by Crippen LogP contribution is 2.32. The molecule has 0 radical (unpaired) electrons. The Hall–Kier alpha value is -2.09. The molecule has 1 atom stereocenters. The smallest absolute Gasteiger partial charge is 0.410 e. The number of fused-ring (bicyclic) bond motifs is 1. The first kappa shape index (κ1) is 18.7. The van der Waals surface area contributed by atoms with Gasteiger partial charge in [-0.3, -0.25) is 4.79 Å². The number of rotatable bonds is 2. The maximum atomic E-state index is 12.4. The predicted molar refractivity (Wildman–Crippen MR) is 97.0 cm³/mol. The molecule has 1 aromatic rings. The Morgan fingerprint density at radius 1 is 1.27 bits per heavy atom. The topological polar surface area (TPSA) is 102 Å². The van der Waals surface area contributed by atoms with Crippen LogP contribution in [0.1, 0.15) is 44.9 Å². The minimum absolute atomic E-state index is 0.139. The molecule has 2 aliphatic heterocycles. The van der Waals surface area contributed by atoms with E-state index < -0.39 is 11.6 Å². The van der Waals surface area contributed by atoms with E-state index in [9.17, 15) is 9.59 Å². The van der Waals surface area contributed by atoms with Gasteiger partial charge >= 0.3 is 6.09 Å². The molecule has 9 heteroatoms. The molecule has 0 aromatic carbocycles. The van der Waals surface area contributed by atoms with Gasteiger partial charge in [0.1, 0.15) is 17.5 Å². The minimum Gasteiger partial charge on any atom is -0.444 e. The van der Waals surface area contributed by atoms with Crippen LogP contribution in [0.3, 0.4) is 0 Å². The second-order valence-corrected chi connectivity index (χ2v) is 7.99. The van der Waals surface area contributed by atoms with Crippen molar-refractivity contribution in [3.8, 4) is 0 Å². The van der Waals surface area contributed by atoms with Crippen molar-refractivity contribution in [2.75, 3.05) is 18.0 Å². The largest absolute Gasteiger partial charge is 0.444 e. The number of ether oxygens (including phenoxy) is 1. The predicted octanol–water partition coefficient (Wildman–Crippen LogP) is 1.88. The van der Waals surface area contributed by atoms with E-state index >= 15 is 0 Å². The summed E-state index contributed by atoms with van der Waals surface area (Å²) in [6, 6.07) is -0.415. The summed E-state index contributed by atoms with van der Waals surface area (Å²) in [5.74, 6) is 0.209. The molecule has 1 aromatic heterocycles. The van der Waals surface area contributed by atoms with Crippen molar-refractivity contribution in [3.63, 3.8) is 0 Å². The lowest BCUT2D eigenvalue weighted by atomic mass is 10.1. The van der Waals surface area contributed by atoms with Gasteiger partial charge in [0, 0.05) is 25.1 Å².